The molecule has 4 nitrogen and oxygen atoms in total. The van der Waals surface area contributed by atoms with Crippen molar-refractivity contribution in [3.05, 3.63) is 83.4 Å². The Balaban J connectivity index is 2.10. The molecule has 1 atom stereocenters. The van der Waals surface area contributed by atoms with Crippen molar-refractivity contribution in [1.29, 1.82) is 0 Å². The van der Waals surface area contributed by atoms with E-state index >= 15 is 0 Å². The van der Waals surface area contributed by atoms with Crippen molar-refractivity contribution in [3.8, 4) is 11.8 Å². The number of nitrogens with one attached hydrogen (secondary N) is 1. The molecule has 0 saturated heterocycles. The van der Waals surface area contributed by atoms with Crippen LogP contribution in [-0.4, -0.2) is 25.0 Å². The van der Waals surface area contributed by atoms with Crippen LogP contribution in [0.1, 0.15) is 28.4 Å². The van der Waals surface area contributed by atoms with Gasteiger partial charge in [0.05, 0.1) is 7.11 Å². The van der Waals surface area contributed by atoms with E-state index in [2.05, 4.69) is 23.7 Å². The lowest BCUT2D eigenvalue weighted by atomic mass is 10.1. The number of hydrogen-bond acceptors (Lipinski definition) is 3. The second kappa shape index (κ2) is 9.24. The molecule has 1 amide bonds. The maximum absolute atomic E-state index is 12.5. The van der Waals surface area contributed by atoms with E-state index in [4.69, 9.17) is 4.74 Å². The molecule has 0 radical (unpaired) electrons. The highest BCUT2D eigenvalue weighted by atomic mass is 16.5. The van der Waals surface area contributed by atoms with E-state index in [-0.39, 0.29) is 5.91 Å². The molecule has 2 aromatic carbocycles. The van der Waals surface area contributed by atoms with Crippen LogP contribution in [0.25, 0.3) is 0 Å². The van der Waals surface area contributed by atoms with E-state index < -0.39 is 12.0 Å². The van der Waals surface area contributed by atoms with Crippen molar-refractivity contribution in [1.82, 2.24) is 5.32 Å². The molecule has 2 aromatic rings. The van der Waals surface area contributed by atoms with Crippen LogP contribution in [0.5, 0.6) is 0 Å². The van der Waals surface area contributed by atoms with Crippen molar-refractivity contribution in [2.45, 2.75) is 19.4 Å². The zero-order valence-electron chi connectivity index (χ0n) is 14.9. The summed E-state index contributed by atoms with van der Waals surface area (Å²) in [4.78, 5) is 24.5. The predicted octanol–water partition coefficient (Wildman–Crippen LogP) is 3.13. The fourth-order valence-electron chi connectivity index (χ4n) is 2.31. The van der Waals surface area contributed by atoms with E-state index in [0.29, 0.717) is 12.0 Å². The van der Waals surface area contributed by atoms with Crippen LogP contribution in [0.4, 0.5) is 0 Å². The molecule has 0 heterocycles. The van der Waals surface area contributed by atoms with E-state index in [1.54, 1.807) is 24.3 Å². The Morgan fingerprint density at radius 3 is 2.35 bits per heavy atom. The van der Waals surface area contributed by atoms with Crippen molar-refractivity contribution >= 4 is 11.9 Å². The number of allylic oxidation sites excluding steroid dienone is 1. The molecule has 0 fully saturated rings. The molecule has 0 bridgehead atoms. The Morgan fingerprint density at radius 2 is 1.77 bits per heavy atom. The number of rotatable bonds is 5. The van der Waals surface area contributed by atoms with Crippen molar-refractivity contribution in [3.63, 3.8) is 0 Å². The van der Waals surface area contributed by atoms with Crippen molar-refractivity contribution in [2.24, 2.45) is 0 Å². The minimum atomic E-state index is -0.752. The molecular formula is C22H21NO3. The van der Waals surface area contributed by atoms with Gasteiger partial charge >= 0.3 is 5.97 Å². The minimum Gasteiger partial charge on any atom is -0.467 e. The molecule has 1 unspecified atom stereocenters. The monoisotopic (exact) mass is 347 g/mol. The Morgan fingerprint density at radius 1 is 1.12 bits per heavy atom. The van der Waals surface area contributed by atoms with Crippen LogP contribution in [0.3, 0.4) is 0 Å². The van der Waals surface area contributed by atoms with E-state index in [1.165, 1.54) is 7.11 Å². The zero-order valence-corrected chi connectivity index (χ0v) is 14.9. The fourth-order valence-corrected chi connectivity index (χ4v) is 2.31. The molecular weight excluding hydrogens is 326 g/mol. The van der Waals surface area contributed by atoms with Gasteiger partial charge in [-0.05, 0) is 42.3 Å². The van der Waals surface area contributed by atoms with Gasteiger partial charge in [0, 0.05) is 17.5 Å². The first-order chi connectivity index (χ1) is 12.5. The first kappa shape index (κ1) is 19.0. The van der Waals surface area contributed by atoms with Crippen LogP contribution in [0, 0.1) is 11.8 Å². The third-order valence-electron chi connectivity index (χ3n) is 3.64. The standard InChI is InChI=1S/C22H21NO3/c1-16(2)9-10-17-11-13-19(14-12-17)21(24)23-20(22(25)26-3)15-18-7-5-4-6-8-18/h4-8,11-14,20H,1,15H2,2-3H3,(H,23,24). The fraction of sp³-hybridized carbons (Fsp3) is 0.182. The van der Waals surface area contributed by atoms with Gasteiger partial charge in [-0.1, -0.05) is 48.8 Å². The first-order valence-electron chi connectivity index (χ1n) is 8.20. The number of benzene rings is 2. The lowest BCUT2D eigenvalue weighted by molar-refractivity contribution is -0.142. The van der Waals surface area contributed by atoms with Gasteiger partial charge in [0.25, 0.3) is 5.91 Å². The highest BCUT2D eigenvalue weighted by molar-refractivity contribution is 5.96. The van der Waals surface area contributed by atoms with Gasteiger partial charge in [0.2, 0.25) is 0 Å². The molecule has 0 saturated carbocycles. The van der Waals surface area contributed by atoms with Crippen LogP contribution in [-0.2, 0) is 16.0 Å². The number of carbonyl (C=O) groups excluding carboxylic acids is 2. The van der Waals surface area contributed by atoms with Gasteiger partial charge in [-0.3, -0.25) is 4.79 Å². The Kier molecular flexibility index (Phi) is 6.75. The summed E-state index contributed by atoms with van der Waals surface area (Å²) in [5.41, 5.74) is 2.95. The molecule has 4 heteroatoms. The molecule has 26 heavy (non-hydrogen) atoms. The maximum Gasteiger partial charge on any atom is 0.328 e. The molecule has 132 valence electrons. The average Bonchev–Trinajstić information content (AvgIpc) is 2.66. The maximum atomic E-state index is 12.5. The quantitative estimate of drug-likeness (QED) is 0.668. The molecule has 0 aliphatic carbocycles. The predicted molar refractivity (Wildman–Crippen MR) is 102 cm³/mol. The normalized spacial score (nSPS) is 10.8. The number of hydrogen-bond donors (Lipinski definition) is 1. The Bertz CT molecular complexity index is 842. The summed E-state index contributed by atoms with van der Waals surface area (Å²) in [6.45, 7) is 5.55. The summed E-state index contributed by atoms with van der Waals surface area (Å²) in [7, 11) is 1.31. The number of esters is 1. The first-order valence-corrected chi connectivity index (χ1v) is 8.20. The average molecular weight is 347 g/mol. The third kappa shape index (κ3) is 5.64. The van der Waals surface area contributed by atoms with E-state index in [9.17, 15) is 9.59 Å². The smallest absolute Gasteiger partial charge is 0.328 e. The van der Waals surface area contributed by atoms with Gasteiger partial charge in [-0.2, -0.15) is 0 Å². The van der Waals surface area contributed by atoms with Crippen LogP contribution < -0.4 is 5.32 Å². The number of carbonyl (C=O) groups is 2. The number of ether oxygens (including phenoxy) is 1. The number of amides is 1. The summed E-state index contributed by atoms with van der Waals surface area (Å²) >= 11 is 0. The SMILES string of the molecule is C=C(C)C#Cc1ccc(C(=O)NC(Cc2ccccc2)C(=O)OC)cc1. The Labute approximate surface area is 153 Å². The lowest BCUT2D eigenvalue weighted by Gasteiger charge is -2.16. The van der Waals surface area contributed by atoms with Gasteiger partial charge in [-0.15, -0.1) is 0 Å². The van der Waals surface area contributed by atoms with Crippen LogP contribution in [0.2, 0.25) is 0 Å². The van der Waals surface area contributed by atoms with Gasteiger partial charge < -0.3 is 10.1 Å². The summed E-state index contributed by atoms with van der Waals surface area (Å²) < 4.78 is 4.81. The molecule has 1 N–H and O–H groups in total. The molecule has 0 spiro atoms. The summed E-state index contributed by atoms with van der Waals surface area (Å²) in [6, 6.07) is 15.6. The zero-order chi connectivity index (χ0) is 18.9. The third-order valence-corrected chi connectivity index (χ3v) is 3.64. The molecule has 0 aliphatic rings. The topological polar surface area (TPSA) is 55.4 Å². The molecule has 0 aliphatic heterocycles. The van der Waals surface area contributed by atoms with Crippen LogP contribution in [0.15, 0.2) is 66.7 Å². The summed E-state index contributed by atoms with van der Waals surface area (Å²) in [5, 5.41) is 2.74. The molecule has 0 aromatic heterocycles. The van der Waals surface area contributed by atoms with Gasteiger partial charge in [0.15, 0.2) is 0 Å². The second-order valence-electron chi connectivity index (χ2n) is 5.85. The minimum absolute atomic E-state index is 0.337. The summed E-state index contributed by atoms with van der Waals surface area (Å²) in [5.74, 6) is 5.02. The van der Waals surface area contributed by atoms with E-state index in [0.717, 1.165) is 16.7 Å². The van der Waals surface area contributed by atoms with E-state index in [1.807, 2.05) is 37.3 Å². The Hall–Kier alpha value is -3.32. The van der Waals surface area contributed by atoms with Gasteiger partial charge in [-0.25, -0.2) is 4.79 Å². The second-order valence-corrected chi connectivity index (χ2v) is 5.85. The van der Waals surface area contributed by atoms with Gasteiger partial charge in [0.1, 0.15) is 6.04 Å². The van der Waals surface area contributed by atoms with Crippen molar-refractivity contribution < 1.29 is 14.3 Å². The van der Waals surface area contributed by atoms with Crippen molar-refractivity contribution in [2.75, 3.05) is 7.11 Å². The largest absolute Gasteiger partial charge is 0.467 e. The summed E-state index contributed by atoms with van der Waals surface area (Å²) in [6.07, 6.45) is 0.363. The molecule has 2 rings (SSSR count). The highest BCUT2D eigenvalue weighted by Gasteiger charge is 2.22. The number of methoxy groups -OCH3 is 1. The van der Waals surface area contributed by atoms with Crippen LogP contribution >= 0.6 is 0 Å². The lowest BCUT2D eigenvalue weighted by Crippen LogP contribution is -2.43. The highest BCUT2D eigenvalue weighted by Crippen LogP contribution is 2.08.